The highest BCUT2D eigenvalue weighted by atomic mass is 35.5. The largest absolute Gasteiger partial charge is 0.466 e. The average Bonchev–Trinajstić information content (AvgIpc) is 2.91. The molecule has 1 aromatic heterocycles. The van der Waals surface area contributed by atoms with Gasteiger partial charge in [0.2, 0.25) is 0 Å². The summed E-state index contributed by atoms with van der Waals surface area (Å²) in [5.41, 5.74) is -0.0599. The Morgan fingerprint density at radius 2 is 1.60 bits per heavy atom. The Kier molecular flexibility index (Phi) is 17.7. The molecule has 10 nitrogen and oxygen atoms in total. The van der Waals surface area contributed by atoms with Crippen molar-refractivity contribution < 1.29 is 42.3 Å². The molecule has 0 radical (unpaired) electrons. The number of nitro groups is 1. The lowest BCUT2D eigenvalue weighted by Gasteiger charge is -2.09. The molecule has 42 heavy (non-hydrogen) atoms. The lowest BCUT2D eigenvalue weighted by Crippen LogP contribution is -2.16. The Morgan fingerprint density at radius 3 is 2.14 bits per heavy atom. The molecule has 0 bridgehead atoms. The number of pyridine rings is 1. The molecule has 1 heterocycles. The number of carbonyl (C=O) groups excluding carboxylic acids is 3. The second kappa shape index (κ2) is 19.4. The van der Waals surface area contributed by atoms with Crippen molar-refractivity contribution in [1.29, 1.82) is 0 Å². The van der Waals surface area contributed by atoms with Gasteiger partial charge in [0.05, 0.1) is 63.4 Å². The highest BCUT2D eigenvalue weighted by Crippen LogP contribution is 2.24. The normalized spacial score (nSPS) is 10.6. The van der Waals surface area contributed by atoms with Crippen molar-refractivity contribution in [2.75, 3.05) is 19.8 Å². The molecule has 0 saturated carbocycles. The molecular weight excluding hydrogens is 601 g/mol. The van der Waals surface area contributed by atoms with Gasteiger partial charge in [-0.1, -0.05) is 30.6 Å². The van der Waals surface area contributed by atoms with Crippen LogP contribution in [-0.2, 0) is 19.0 Å². The summed E-state index contributed by atoms with van der Waals surface area (Å²) in [7, 11) is 0. The number of ether oxygens (including phenoxy) is 3. The molecule has 0 saturated heterocycles. The van der Waals surface area contributed by atoms with Crippen LogP contribution in [0.4, 0.5) is 14.5 Å². The summed E-state index contributed by atoms with van der Waals surface area (Å²) >= 11 is 11.0. The SMILES string of the molecule is C.CCOC(=O)CC(C)OCC.CCOC(=O)c1cnc2cc(F)c(Cl)cc2c1.O=Cc1cc(Cl)c(F)cc1[N+](=O)[O-]. The van der Waals surface area contributed by atoms with Crippen LogP contribution >= 0.6 is 23.2 Å². The number of rotatable bonds is 9. The zero-order valence-corrected chi connectivity index (χ0v) is 24.1. The zero-order chi connectivity index (χ0) is 31.1. The molecule has 0 spiro atoms. The van der Waals surface area contributed by atoms with Crippen LogP contribution < -0.4 is 0 Å². The molecule has 230 valence electrons. The van der Waals surface area contributed by atoms with Gasteiger partial charge in [0.15, 0.2) is 6.29 Å². The topological polar surface area (TPSA) is 135 Å². The molecule has 3 aromatic rings. The lowest BCUT2D eigenvalue weighted by molar-refractivity contribution is -0.385. The Bertz CT molecular complexity index is 1380. The molecule has 1 unspecified atom stereocenters. The van der Waals surface area contributed by atoms with Crippen molar-refractivity contribution >= 4 is 58.0 Å². The fraction of sp³-hybridized carbons (Fsp3) is 0.357. The van der Waals surface area contributed by atoms with Crippen LogP contribution in [0, 0.1) is 21.7 Å². The number of hydrogen-bond acceptors (Lipinski definition) is 9. The highest BCUT2D eigenvalue weighted by Gasteiger charge is 2.17. The number of nitrogens with zero attached hydrogens (tertiary/aromatic N) is 2. The van der Waals surface area contributed by atoms with Crippen molar-refractivity contribution in [3.63, 3.8) is 0 Å². The maximum absolute atomic E-state index is 13.2. The van der Waals surface area contributed by atoms with Gasteiger partial charge in [-0.2, -0.15) is 0 Å². The average molecular weight is 633 g/mol. The number of carbonyl (C=O) groups is 3. The molecule has 0 N–H and O–H groups in total. The molecule has 0 aliphatic carbocycles. The van der Waals surface area contributed by atoms with E-state index >= 15 is 0 Å². The summed E-state index contributed by atoms with van der Waals surface area (Å²) in [4.78, 5) is 46.0. The van der Waals surface area contributed by atoms with E-state index in [0.29, 0.717) is 48.8 Å². The molecule has 3 rings (SSSR count). The van der Waals surface area contributed by atoms with Crippen molar-refractivity contribution in [2.24, 2.45) is 0 Å². The van der Waals surface area contributed by atoms with E-state index in [9.17, 15) is 33.3 Å². The predicted molar refractivity (Wildman–Crippen MR) is 155 cm³/mol. The molecule has 14 heteroatoms. The third-order valence-corrected chi connectivity index (χ3v) is 5.42. The van der Waals surface area contributed by atoms with E-state index in [4.69, 9.17) is 37.4 Å². The standard InChI is InChI=1S/C12H9ClFNO2.C8H16O3.C7H3ClFNO3.CH4/c1-2-17-12(16)8-3-7-4-9(13)10(14)5-11(7)15-6-8;1-4-10-7(3)6-8(9)11-5-2;8-5-1-4(3-11)7(10(12)13)2-6(5)9;/h3-6H,2H2,1H3;7H,4-6H2,1-3H3;1-3H;1H4. The van der Waals surface area contributed by atoms with Crippen LogP contribution in [-0.4, -0.2) is 54.1 Å². The van der Waals surface area contributed by atoms with E-state index in [1.165, 1.54) is 18.3 Å². The van der Waals surface area contributed by atoms with E-state index in [-0.39, 0.29) is 41.4 Å². The Balaban J connectivity index is 0.000000611. The van der Waals surface area contributed by atoms with Crippen molar-refractivity contribution in [1.82, 2.24) is 4.98 Å². The monoisotopic (exact) mass is 632 g/mol. The van der Waals surface area contributed by atoms with Gasteiger partial charge in [-0.3, -0.25) is 24.7 Å². The minimum Gasteiger partial charge on any atom is -0.466 e. The highest BCUT2D eigenvalue weighted by molar-refractivity contribution is 6.31. The van der Waals surface area contributed by atoms with E-state index in [1.807, 2.05) is 13.8 Å². The maximum Gasteiger partial charge on any atom is 0.339 e. The molecule has 0 fully saturated rings. The molecule has 0 aliphatic heterocycles. The number of benzene rings is 2. The summed E-state index contributed by atoms with van der Waals surface area (Å²) in [6.45, 7) is 8.66. The van der Waals surface area contributed by atoms with Crippen molar-refractivity contribution in [3.8, 4) is 0 Å². The first kappa shape index (κ1) is 38.3. The van der Waals surface area contributed by atoms with Crippen molar-refractivity contribution in [2.45, 2.75) is 47.6 Å². The molecule has 2 aromatic carbocycles. The first-order valence-electron chi connectivity index (χ1n) is 12.2. The van der Waals surface area contributed by atoms with E-state index in [0.717, 1.165) is 6.07 Å². The number of aromatic nitrogens is 1. The first-order valence-corrected chi connectivity index (χ1v) is 12.9. The fourth-order valence-corrected chi connectivity index (χ4v) is 3.40. The molecular formula is C28H32Cl2F2N2O8. The summed E-state index contributed by atoms with van der Waals surface area (Å²) < 4.78 is 40.6. The van der Waals surface area contributed by atoms with E-state index in [1.54, 1.807) is 19.9 Å². The van der Waals surface area contributed by atoms with Crippen LogP contribution in [0.2, 0.25) is 10.0 Å². The van der Waals surface area contributed by atoms with Crippen LogP contribution in [0.3, 0.4) is 0 Å². The Morgan fingerprint density at radius 1 is 1.00 bits per heavy atom. The third kappa shape index (κ3) is 12.4. The third-order valence-electron chi connectivity index (χ3n) is 4.84. The van der Waals surface area contributed by atoms with Gasteiger partial charge >= 0.3 is 11.9 Å². The zero-order valence-electron chi connectivity index (χ0n) is 22.6. The van der Waals surface area contributed by atoms with Crippen LogP contribution in [0.15, 0.2) is 36.5 Å². The smallest absolute Gasteiger partial charge is 0.339 e. The van der Waals surface area contributed by atoms with E-state index < -0.39 is 28.2 Å². The van der Waals surface area contributed by atoms with Gasteiger partial charge in [0.1, 0.15) is 11.6 Å². The van der Waals surface area contributed by atoms with Crippen LogP contribution in [0.1, 0.15) is 62.3 Å². The number of fused-ring (bicyclic) bond motifs is 1. The molecule has 0 aliphatic rings. The van der Waals surface area contributed by atoms with Gasteiger partial charge in [-0.05, 0) is 45.9 Å². The van der Waals surface area contributed by atoms with Gasteiger partial charge < -0.3 is 14.2 Å². The van der Waals surface area contributed by atoms with E-state index in [2.05, 4.69) is 4.98 Å². The quantitative estimate of drug-likeness (QED) is 0.102. The number of nitro benzene ring substituents is 1. The maximum atomic E-state index is 13.2. The minimum atomic E-state index is -0.918. The van der Waals surface area contributed by atoms with Crippen molar-refractivity contribution in [3.05, 3.63) is 79.4 Å². The lowest BCUT2D eigenvalue weighted by atomic mass is 10.1. The first-order chi connectivity index (χ1) is 19.4. The summed E-state index contributed by atoms with van der Waals surface area (Å²) in [5, 5.41) is 10.6. The molecule has 0 amide bonds. The second-order valence-corrected chi connectivity index (χ2v) is 8.69. The fourth-order valence-electron chi connectivity index (χ4n) is 3.05. The van der Waals surface area contributed by atoms with Gasteiger partial charge in [0.25, 0.3) is 5.69 Å². The van der Waals surface area contributed by atoms with Gasteiger partial charge in [0, 0.05) is 24.3 Å². The summed E-state index contributed by atoms with van der Waals surface area (Å²) in [6.07, 6.45) is 1.93. The summed E-state index contributed by atoms with van der Waals surface area (Å²) in [5.74, 6) is -2.09. The van der Waals surface area contributed by atoms with Crippen LogP contribution in [0.5, 0.6) is 0 Å². The number of hydrogen-bond donors (Lipinski definition) is 0. The molecule has 1 atom stereocenters. The minimum absolute atomic E-state index is 0. The summed E-state index contributed by atoms with van der Waals surface area (Å²) in [6, 6.07) is 5.77. The number of aldehydes is 1. The number of halogens is 4. The second-order valence-electron chi connectivity index (χ2n) is 7.88. The van der Waals surface area contributed by atoms with Gasteiger partial charge in [-0.25, -0.2) is 13.6 Å². The predicted octanol–water partition coefficient (Wildman–Crippen LogP) is 7.40. The number of esters is 2. The Hall–Kier alpha value is -3.74. The Labute approximate surface area is 252 Å². The van der Waals surface area contributed by atoms with Gasteiger partial charge in [-0.15, -0.1) is 0 Å². The van der Waals surface area contributed by atoms with Crippen LogP contribution in [0.25, 0.3) is 10.9 Å².